The fraction of sp³-hybridized carbons (Fsp3) is 0.692. The summed E-state index contributed by atoms with van der Waals surface area (Å²) in [5, 5.41) is 3.59. The third-order valence-electron chi connectivity index (χ3n) is 2.54. The second-order valence-electron chi connectivity index (χ2n) is 4.69. The van der Waals surface area contributed by atoms with Crippen LogP contribution in [0.15, 0.2) is 18.6 Å². The first-order chi connectivity index (χ1) is 7.72. The Bertz CT molecular complexity index is 272. The predicted molar refractivity (Wildman–Crippen MR) is 67.3 cm³/mol. The highest BCUT2D eigenvalue weighted by molar-refractivity contribution is 5.00. The van der Waals surface area contributed by atoms with Gasteiger partial charge in [-0.1, -0.05) is 20.8 Å². The smallest absolute Gasteiger partial charge is 0.115 e. The molecule has 16 heavy (non-hydrogen) atoms. The van der Waals surface area contributed by atoms with Crippen molar-refractivity contribution >= 4 is 0 Å². The van der Waals surface area contributed by atoms with Crippen molar-refractivity contribution in [2.75, 3.05) is 6.54 Å². The molecule has 0 amide bonds. The third kappa shape index (κ3) is 5.21. The number of hydrogen-bond donors (Lipinski definition) is 1. The molecule has 1 aromatic heterocycles. The maximum Gasteiger partial charge on any atom is 0.115 e. The van der Waals surface area contributed by atoms with Gasteiger partial charge in [-0.15, -0.1) is 0 Å². The van der Waals surface area contributed by atoms with E-state index in [1.165, 1.54) is 12.8 Å². The Balaban J connectivity index is 2.49. The van der Waals surface area contributed by atoms with Gasteiger partial charge in [0, 0.05) is 24.4 Å². The molecule has 0 saturated carbocycles. The lowest BCUT2D eigenvalue weighted by Crippen LogP contribution is -2.33. The van der Waals surface area contributed by atoms with E-state index >= 15 is 0 Å². The van der Waals surface area contributed by atoms with Gasteiger partial charge in [0.25, 0.3) is 0 Å². The van der Waals surface area contributed by atoms with Gasteiger partial charge in [0.2, 0.25) is 0 Å². The Morgan fingerprint density at radius 3 is 2.75 bits per heavy atom. The molecule has 1 heterocycles. The highest BCUT2D eigenvalue weighted by Gasteiger charge is 2.11. The Morgan fingerprint density at radius 1 is 1.38 bits per heavy atom. The van der Waals surface area contributed by atoms with Crippen LogP contribution in [0.25, 0.3) is 0 Å². The van der Waals surface area contributed by atoms with Gasteiger partial charge in [0.15, 0.2) is 0 Å². The number of nitrogens with zero attached hydrogens (tertiary/aromatic N) is 2. The Labute approximate surface area is 98.7 Å². The molecule has 0 aliphatic rings. The molecule has 3 nitrogen and oxygen atoms in total. The fourth-order valence-corrected chi connectivity index (χ4v) is 1.85. The summed E-state index contributed by atoms with van der Waals surface area (Å²) in [5.41, 5.74) is 1.13. The summed E-state index contributed by atoms with van der Waals surface area (Å²) in [6.45, 7) is 7.81. The van der Waals surface area contributed by atoms with Crippen molar-refractivity contribution in [2.45, 2.75) is 46.1 Å². The van der Waals surface area contributed by atoms with Crippen molar-refractivity contribution in [2.24, 2.45) is 5.92 Å². The summed E-state index contributed by atoms with van der Waals surface area (Å²) in [6.07, 6.45) is 6.82. The molecule has 1 unspecified atom stereocenters. The third-order valence-corrected chi connectivity index (χ3v) is 2.54. The summed E-state index contributed by atoms with van der Waals surface area (Å²) >= 11 is 0. The minimum Gasteiger partial charge on any atom is -0.314 e. The van der Waals surface area contributed by atoms with Crippen LogP contribution in [0.2, 0.25) is 0 Å². The molecule has 1 N–H and O–H groups in total. The first-order valence-corrected chi connectivity index (χ1v) is 6.20. The van der Waals surface area contributed by atoms with Crippen LogP contribution in [0.4, 0.5) is 0 Å². The summed E-state index contributed by atoms with van der Waals surface area (Å²) in [4.78, 5) is 8.23. The van der Waals surface area contributed by atoms with E-state index in [2.05, 4.69) is 36.1 Å². The van der Waals surface area contributed by atoms with Crippen LogP contribution in [0.1, 0.15) is 39.3 Å². The van der Waals surface area contributed by atoms with Gasteiger partial charge in [-0.05, 0) is 31.4 Å². The molecule has 3 heteroatoms. The number of aromatic nitrogens is 2. The molecule has 0 bridgehead atoms. The van der Waals surface area contributed by atoms with Crippen molar-refractivity contribution in [3.05, 3.63) is 24.3 Å². The molecule has 0 aliphatic heterocycles. The van der Waals surface area contributed by atoms with Gasteiger partial charge in [-0.3, -0.25) is 0 Å². The van der Waals surface area contributed by atoms with Gasteiger partial charge in [0.05, 0.1) is 0 Å². The van der Waals surface area contributed by atoms with Crippen LogP contribution < -0.4 is 5.32 Å². The van der Waals surface area contributed by atoms with Crippen molar-refractivity contribution in [3.63, 3.8) is 0 Å². The van der Waals surface area contributed by atoms with Gasteiger partial charge >= 0.3 is 0 Å². The average Bonchev–Trinajstić information content (AvgIpc) is 2.26. The zero-order valence-electron chi connectivity index (χ0n) is 10.6. The molecule has 0 aliphatic carbocycles. The highest BCUT2D eigenvalue weighted by Crippen LogP contribution is 2.09. The van der Waals surface area contributed by atoms with E-state index in [0.717, 1.165) is 24.6 Å². The predicted octanol–water partition coefficient (Wildman–Crippen LogP) is 2.43. The molecule has 1 rings (SSSR count). The minimum atomic E-state index is 0.537. The number of hydrogen-bond acceptors (Lipinski definition) is 3. The molecule has 0 fully saturated rings. The average molecular weight is 221 g/mol. The van der Waals surface area contributed by atoms with Gasteiger partial charge < -0.3 is 5.32 Å². The minimum absolute atomic E-state index is 0.537. The van der Waals surface area contributed by atoms with Crippen LogP contribution in [0, 0.1) is 5.92 Å². The largest absolute Gasteiger partial charge is 0.314 e. The quantitative estimate of drug-likeness (QED) is 0.768. The maximum atomic E-state index is 4.28. The zero-order valence-corrected chi connectivity index (χ0v) is 10.6. The van der Waals surface area contributed by atoms with E-state index < -0.39 is 0 Å². The highest BCUT2D eigenvalue weighted by atomic mass is 14.9. The Kier molecular flexibility index (Phi) is 6.01. The lowest BCUT2D eigenvalue weighted by molar-refractivity contribution is 0.413. The second kappa shape index (κ2) is 7.34. The van der Waals surface area contributed by atoms with Crippen LogP contribution in [-0.4, -0.2) is 22.6 Å². The lowest BCUT2D eigenvalue weighted by atomic mass is 9.99. The van der Waals surface area contributed by atoms with E-state index in [1.807, 2.05) is 12.3 Å². The van der Waals surface area contributed by atoms with Gasteiger partial charge in [0.1, 0.15) is 6.33 Å². The molecule has 1 aromatic rings. The SMILES string of the molecule is CCCNC(Cc1ccncn1)CC(C)C. The monoisotopic (exact) mass is 221 g/mol. The number of nitrogens with one attached hydrogen (secondary N) is 1. The maximum absolute atomic E-state index is 4.28. The molecule has 90 valence electrons. The summed E-state index contributed by atoms with van der Waals surface area (Å²) in [7, 11) is 0. The Hall–Kier alpha value is -0.960. The lowest BCUT2D eigenvalue weighted by Gasteiger charge is -2.20. The van der Waals surface area contributed by atoms with E-state index in [1.54, 1.807) is 6.33 Å². The van der Waals surface area contributed by atoms with Gasteiger partial charge in [-0.25, -0.2) is 9.97 Å². The van der Waals surface area contributed by atoms with Gasteiger partial charge in [-0.2, -0.15) is 0 Å². The molecule has 1 atom stereocenters. The molecule has 0 saturated heterocycles. The van der Waals surface area contributed by atoms with Crippen molar-refractivity contribution in [1.82, 2.24) is 15.3 Å². The molecule has 0 aromatic carbocycles. The normalized spacial score (nSPS) is 13.0. The Morgan fingerprint density at radius 2 is 2.19 bits per heavy atom. The van der Waals surface area contributed by atoms with E-state index in [4.69, 9.17) is 0 Å². The van der Waals surface area contributed by atoms with Crippen molar-refractivity contribution in [3.8, 4) is 0 Å². The summed E-state index contributed by atoms with van der Waals surface area (Å²) in [6, 6.07) is 2.54. The fourth-order valence-electron chi connectivity index (χ4n) is 1.85. The topological polar surface area (TPSA) is 37.8 Å². The first kappa shape index (κ1) is 13.1. The first-order valence-electron chi connectivity index (χ1n) is 6.20. The van der Waals surface area contributed by atoms with Crippen molar-refractivity contribution in [1.29, 1.82) is 0 Å². The second-order valence-corrected chi connectivity index (χ2v) is 4.69. The summed E-state index contributed by atoms with van der Waals surface area (Å²) < 4.78 is 0. The zero-order chi connectivity index (χ0) is 11.8. The van der Waals surface area contributed by atoms with Crippen LogP contribution >= 0.6 is 0 Å². The molecular formula is C13H23N3. The number of rotatable bonds is 7. The molecule has 0 spiro atoms. The van der Waals surface area contributed by atoms with E-state index in [9.17, 15) is 0 Å². The standard InChI is InChI=1S/C13H23N3/c1-4-6-15-13(8-11(2)3)9-12-5-7-14-10-16-12/h5,7,10-11,13,15H,4,6,8-9H2,1-3H3. The van der Waals surface area contributed by atoms with Crippen LogP contribution in [-0.2, 0) is 6.42 Å². The van der Waals surface area contributed by atoms with Crippen LogP contribution in [0.5, 0.6) is 0 Å². The van der Waals surface area contributed by atoms with Crippen LogP contribution in [0.3, 0.4) is 0 Å². The summed E-state index contributed by atoms with van der Waals surface area (Å²) in [5.74, 6) is 0.719. The van der Waals surface area contributed by atoms with E-state index in [-0.39, 0.29) is 0 Å². The molecule has 0 radical (unpaired) electrons. The van der Waals surface area contributed by atoms with E-state index in [0.29, 0.717) is 6.04 Å². The molecular weight excluding hydrogens is 198 g/mol. The van der Waals surface area contributed by atoms with Crippen molar-refractivity contribution < 1.29 is 0 Å².